The summed E-state index contributed by atoms with van der Waals surface area (Å²) in [6, 6.07) is 9.28. The van der Waals surface area contributed by atoms with Crippen molar-refractivity contribution in [2.45, 2.75) is 6.04 Å². The number of hydrogen-bond donors (Lipinski definition) is 1. The van der Waals surface area contributed by atoms with E-state index in [0.29, 0.717) is 21.9 Å². The molecule has 2 aromatic rings. The van der Waals surface area contributed by atoms with E-state index in [2.05, 4.69) is 15.9 Å². The maximum absolute atomic E-state index is 14.0. The van der Waals surface area contributed by atoms with Gasteiger partial charge in [-0.1, -0.05) is 33.6 Å². The minimum Gasteiger partial charge on any atom is -0.497 e. The standard InChI is InChI=1S/C14H12BrClFNO/c1-19-9-3-4-10(13(17)7-9)14(18)11-6-8(15)2-5-12(11)16/h2-7,14H,18H2,1H3. The summed E-state index contributed by atoms with van der Waals surface area (Å²) in [6.07, 6.45) is 0. The molecule has 0 saturated heterocycles. The summed E-state index contributed by atoms with van der Waals surface area (Å²) in [7, 11) is 1.49. The van der Waals surface area contributed by atoms with Crippen molar-refractivity contribution in [1.29, 1.82) is 0 Å². The second-order valence-electron chi connectivity index (χ2n) is 4.03. The van der Waals surface area contributed by atoms with Crippen molar-refractivity contribution in [2.75, 3.05) is 7.11 Å². The van der Waals surface area contributed by atoms with Gasteiger partial charge in [0.05, 0.1) is 13.2 Å². The third kappa shape index (κ3) is 3.08. The molecular formula is C14H12BrClFNO. The van der Waals surface area contributed by atoms with Crippen LogP contribution in [0.15, 0.2) is 40.9 Å². The highest BCUT2D eigenvalue weighted by Crippen LogP contribution is 2.31. The van der Waals surface area contributed by atoms with Crippen LogP contribution in [0.2, 0.25) is 5.02 Å². The third-order valence-corrected chi connectivity index (χ3v) is 3.67. The highest BCUT2D eigenvalue weighted by Gasteiger charge is 2.17. The van der Waals surface area contributed by atoms with Crippen molar-refractivity contribution in [2.24, 2.45) is 5.73 Å². The SMILES string of the molecule is COc1ccc(C(N)c2cc(Br)ccc2Cl)c(F)c1. The van der Waals surface area contributed by atoms with Gasteiger partial charge in [-0.25, -0.2) is 4.39 Å². The van der Waals surface area contributed by atoms with E-state index in [1.165, 1.54) is 13.2 Å². The molecule has 1 atom stereocenters. The number of nitrogens with two attached hydrogens (primary N) is 1. The molecule has 0 spiro atoms. The maximum Gasteiger partial charge on any atom is 0.132 e. The fourth-order valence-electron chi connectivity index (χ4n) is 1.81. The first kappa shape index (κ1) is 14.3. The molecule has 19 heavy (non-hydrogen) atoms. The molecule has 0 bridgehead atoms. The Labute approximate surface area is 124 Å². The summed E-state index contributed by atoms with van der Waals surface area (Å²) >= 11 is 9.45. The monoisotopic (exact) mass is 343 g/mol. The van der Waals surface area contributed by atoms with E-state index in [0.717, 1.165) is 4.47 Å². The van der Waals surface area contributed by atoms with Gasteiger partial charge in [0.1, 0.15) is 11.6 Å². The number of benzene rings is 2. The lowest BCUT2D eigenvalue weighted by atomic mass is 9.99. The van der Waals surface area contributed by atoms with Crippen molar-refractivity contribution >= 4 is 27.5 Å². The summed E-state index contributed by atoms with van der Waals surface area (Å²) in [5.41, 5.74) is 7.13. The van der Waals surface area contributed by atoms with Gasteiger partial charge in [0.25, 0.3) is 0 Å². The van der Waals surface area contributed by atoms with E-state index in [1.807, 2.05) is 6.07 Å². The van der Waals surface area contributed by atoms with Gasteiger partial charge in [-0.05, 0) is 29.8 Å². The van der Waals surface area contributed by atoms with E-state index < -0.39 is 11.9 Å². The second-order valence-corrected chi connectivity index (χ2v) is 5.35. The highest BCUT2D eigenvalue weighted by atomic mass is 79.9. The van der Waals surface area contributed by atoms with Crippen LogP contribution in [0, 0.1) is 5.82 Å². The van der Waals surface area contributed by atoms with E-state index >= 15 is 0 Å². The Kier molecular flexibility index (Phi) is 4.45. The molecular weight excluding hydrogens is 333 g/mol. The average molecular weight is 345 g/mol. The van der Waals surface area contributed by atoms with Crippen LogP contribution < -0.4 is 10.5 Å². The normalized spacial score (nSPS) is 12.3. The quantitative estimate of drug-likeness (QED) is 0.901. The Hall–Kier alpha value is -1.10. The van der Waals surface area contributed by atoms with E-state index in [9.17, 15) is 4.39 Å². The molecule has 0 aromatic heterocycles. The molecule has 0 radical (unpaired) electrons. The van der Waals surface area contributed by atoms with Crippen LogP contribution in [-0.2, 0) is 0 Å². The Morgan fingerprint density at radius 3 is 2.58 bits per heavy atom. The van der Waals surface area contributed by atoms with Crippen LogP contribution in [0.25, 0.3) is 0 Å². The molecule has 1 unspecified atom stereocenters. The third-order valence-electron chi connectivity index (χ3n) is 2.84. The molecule has 0 heterocycles. The highest BCUT2D eigenvalue weighted by molar-refractivity contribution is 9.10. The van der Waals surface area contributed by atoms with Crippen molar-refractivity contribution in [1.82, 2.24) is 0 Å². The largest absolute Gasteiger partial charge is 0.497 e. The first-order valence-electron chi connectivity index (χ1n) is 5.57. The van der Waals surface area contributed by atoms with Gasteiger partial charge in [-0.15, -0.1) is 0 Å². The number of ether oxygens (including phenoxy) is 1. The molecule has 2 rings (SSSR count). The van der Waals surface area contributed by atoms with Gasteiger partial charge in [-0.3, -0.25) is 0 Å². The van der Waals surface area contributed by atoms with Gasteiger partial charge in [0.2, 0.25) is 0 Å². The van der Waals surface area contributed by atoms with E-state index in [4.69, 9.17) is 22.1 Å². The Morgan fingerprint density at radius 2 is 1.95 bits per heavy atom. The number of methoxy groups -OCH3 is 1. The van der Waals surface area contributed by atoms with Crippen molar-refractivity contribution in [3.63, 3.8) is 0 Å². The number of rotatable bonds is 3. The van der Waals surface area contributed by atoms with Gasteiger partial charge in [0, 0.05) is 21.1 Å². The molecule has 0 saturated carbocycles. The number of hydrogen-bond acceptors (Lipinski definition) is 2. The minimum atomic E-state index is -0.629. The lowest BCUT2D eigenvalue weighted by Crippen LogP contribution is -2.14. The van der Waals surface area contributed by atoms with Crippen LogP contribution in [0.1, 0.15) is 17.2 Å². The molecule has 0 fully saturated rings. The Morgan fingerprint density at radius 1 is 1.21 bits per heavy atom. The van der Waals surface area contributed by atoms with Crippen LogP contribution in [-0.4, -0.2) is 7.11 Å². The summed E-state index contributed by atoms with van der Waals surface area (Å²) in [5, 5.41) is 0.505. The van der Waals surface area contributed by atoms with Crippen molar-refractivity contribution in [3.8, 4) is 5.75 Å². The number of halogens is 3. The van der Waals surface area contributed by atoms with Gasteiger partial charge >= 0.3 is 0 Å². The maximum atomic E-state index is 14.0. The van der Waals surface area contributed by atoms with Gasteiger partial charge in [0.15, 0.2) is 0 Å². The fourth-order valence-corrected chi connectivity index (χ4v) is 2.42. The summed E-state index contributed by atoms with van der Waals surface area (Å²) in [4.78, 5) is 0. The van der Waals surface area contributed by atoms with Gasteiger partial charge < -0.3 is 10.5 Å². The predicted molar refractivity (Wildman–Crippen MR) is 78.1 cm³/mol. The first-order chi connectivity index (χ1) is 9.02. The Bertz CT molecular complexity index is 606. The van der Waals surface area contributed by atoms with Crippen LogP contribution >= 0.6 is 27.5 Å². The van der Waals surface area contributed by atoms with Crippen LogP contribution in [0.5, 0.6) is 5.75 Å². The molecule has 2 aromatic carbocycles. The molecule has 100 valence electrons. The summed E-state index contributed by atoms with van der Waals surface area (Å²) in [5.74, 6) is 0.0386. The zero-order chi connectivity index (χ0) is 14.0. The first-order valence-corrected chi connectivity index (χ1v) is 6.74. The Balaban J connectivity index is 2.43. The van der Waals surface area contributed by atoms with Crippen molar-refractivity contribution in [3.05, 3.63) is 62.8 Å². The molecule has 0 aliphatic carbocycles. The van der Waals surface area contributed by atoms with Crippen LogP contribution in [0.4, 0.5) is 4.39 Å². The van der Waals surface area contributed by atoms with E-state index in [-0.39, 0.29) is 0 Å². The second kappa shape index (κ2) is 5.90. The molecule has 0 aliphatic heterocycles. The fraction of sp³-hybridized carbons (Fsp3) is 0.143. The lowest BCUT2D eigenvalue weighted by Gasteiger charge is -2.16. The topological polar surface area (TPSA) is 35.2 Å². The molecule has 2 N–H and O–H groups in total. The molecule has 5 heteroatoms. The zero-order valence-electron chi connectivity index (χ0n) is 10.2. The summed E-state index contributed by atoms with van der Waals surface area (Å²) in [6.45, 7) is 0. The molecule has 2 nitrogen and oxygen atoms in total. The zero-order valence-corrected chi connectivity index (χ0v) is 12.5. The lowest BCUT2D eigenvalue weighted by molar-refractivity contribution is 0.410. The molecule has 0 aliphatic rings. The van der Waals surface area contributed by atoms with Gasteiger partial charge in [-0.2, -0.15) is 0 Å². The van der Waals surface area contributed by atoms with Crippen LogP contribution in [0.3, 0.4) is 0 Å². The summed E-state index contributed by atoms with van der Waals surface area (Å²) < 4.78 is 19.8. The predicted octanol–water partition coefficient (Wildman–Crippen LogP) is 4.30. The van der Waals surface area contributed by atoms with Crippen molar-refractivity contribution < 1.29 is 9.13 Å². The molecule has 0 amide bonds. The smallest absolute Gasteiger partial charge is 0.132 e. The average Bonchev–Trinajstić information content (AvgIpc) is 2.40. The minimum absolute atomic E-state index is 0.376. The van der Waals surface area contributed by atoms with E-state index in [1.54, 1.807) is 24.3 Å².